The molecule has 0 spiro atoms. The van der Waals surface area contributed by atoms with Gasteiger partial charge in [0.1, 0.15) is 6.26 Å². The lowest BCUT2D eigenvalue weighted by Gasteiger charge is -2.15. The molecule has 0 atom stereocenters. The normalized spacial score (nSPS) is 10.1. The van der Waals surface area contributed by atoms with Crippen molar-refractivity contribution < 1.29 is 19.1 Å². The number of amides is 1. The van der Waals surface area contributed by atoms with E-state index >= 15 is 0 Å². The lowest BCUT2D eigenvalue weighted by atomic mass is 10.2. The minimum atomic E-state index is -0.855. The minimum Gasteiger partial charge on any atom is -0.481 e. The summed E-state index contributed by atoms with van der Waals surface area (Å²) in [6.45, 7) is 0.411. The Kier molecular flexibility index (Phi) is 4.54. The molecule has 0 radical (unpaired) electrons. The average Bonchev–Trinajstić information content (AvgIpc) is 2.63. The van der Waals surface area contributed by atoms with Crippen molar-refractivity contribution in [1.29, 1.82) is 0 Å². The van der Waals surface area contributed by atoms with Gasteiger partial charge in [-0.1, -0.05) is 0 Å². The van der Waals surface area contributed by atoms with Gasteiger partial charge in [-0.15, -0.1) is 0 Å². The van der Waals surface area contributed by atoms with Gasteiger partial charge in [0.05, 0.1) is 5.56 Å². The molecule has 1 amide bonds. The molecule has 1 aromatic heterocycles. The fraction of sp³-hybridized carbons (Fsp3) is 0.400. The Morgan fingerprint density at radius 1 is 1.56 bits per heavy atom. The molecule has 0 aliphatic rings. The Morgan fingerprint density at radius 2 is 2.25 bits per heavy atom. The fourth-order valence-electron chi connectivity index (χ4n) is 1.21. The molecule has 88 valence electrons. The summed E-state index contributed by atoms with van der Waals surface area (Å²) in [6.07, 6.45) is 1.86. The molecule has 6 heteroatoms. The predicted molar refractivity (Wildman–Crippen MR) is 60.2 cm³/mol. The van der Waals surface area contributed by atoms with E-state index in [2.05, 4.69) is 15.9 Å². The number of halogens is 1. The van der Waals surface area contributed by atoms with Crippen molar-refractivity contribution in [2.24, 2.45) is 0 Å². The second-order valence-corrected chi connectivity index (χ2v) is 4.15. The Morgan fingerprint density at radius 3 is 2.75 bits per heavy atom. The van der Waals surface area contributed by atoms with Crippen molar-refractivity contribution in [3.05, 3.63) is 22.6 Å². The van der Waals surface area contributed by atoms with Gasteiger partial charge >= 0.3 is 5.97 Å². The first-order valence-corrected chi connectivity index (χ1v) is 5.51. The van der Waals surface area contributed by atoms with Crippen molar-refractivity contribution in [2.45, 2.75) is 12.8 Å². The van der Waals surface area contributed by atoms with Crippen LogP contribution in [-0.2, 0) is 4.79 Å². The van der Waals surface area contributed by atoms with E-state index in [4.69, 9.17) is 9.52 Å². The highest BCUT2D eigenvalue weighted by Gasteiger charge is 2.14. The molecule has 0 aromatic carbocycles. The van der Waals surface area contributed by atoms with Crippen LogP contribution in [0, 0.1) is 0 Å². The standard InChI is InChI=1S/C10H12BrNO4/c1-12(4-2-3-9(13)14)10(15)7-5-8(11)16-6-7/h5-6H,2-4H2,1H3,(H,13,14). The third-order valence-electron chi connectivity index (χ3n) is 2.05. The first-order valence-electron chi connectivity index (χ1n) is 4.72. The molecule has 0 aliphatic carbocycles. The molecular formula is C10H12BrNO4. The Bertz CT molecular complexity index is 388. The Hall–Kier alpha value is -1.30. The molecule has 0 saturated heterocycles. The van der Waals surface area contributed by atoms with E-state index in [9.17, 15) is 9.59 Å². The lowest BCUT2D eigenvalue weighted by Crippen LogP contribution is -2.27. The van der Waals surface area contributed by atoms with Gasteiger partial charge < -0.3 is 14.4 Å². The van der Waals surface area contributed by atoms with Gasteiger partial charge in [0, 0.05) is 26.1 Å². The van der Waals surface area contributed by atoms with Crippen molar-refractivity contribution in [3.8, 4) is 0 Å². The third kappa shape index (κ3) is 3.69. The highest BCUT2D eigenvalue weighted by molar-refractivity contribution is 9.10. The summed E-state index contributed by atoms with van der Waals surface area (Å²) >= 11 is 3.11. The number of hydrogen-bond donors (Lipinski definition) is 1. The van der Waals surface area contributed by atoms with Crippen LogP contribution in [0.2, 0.25) is 0 Å². The molecule has 16 heavy (non-hydrogen) atoms. The maximum atomic E-state index is 11.7. The third-order valence-corrected chi connectivity index (χ3v) is 2.46. The van der Waals surface area contributed by atoms with Gasteiger partial charge in [-0.25, -0.2) is 0 Å². The smallest absolute Gasteiger partial charge is 0.303 e. The van der Waals surface area contributed by atoms with Gasteiger partial charge in [0.15, 0.2) is 4.67 Å². The van der Waals surface area contributed by atoms with E-state index in [1.807, 2.05) is 0 Å². The van der Waals surface area contributed by atoms with E-state index in [1.54, 1.807) is 13.1 Å². The van der Waals surface area contributed by atoms with E-state index in [0.717, 1.165) is 0 Å². The number of furan rings is 1. The van der Waals surface area contributed by atoms with E-state index in [1.165, 1.54) is 11.2 Å². The molecule has 0 saturated carbocycles. The van der Waals surface area contributed by atoms with Crippen LogP contribution in [0.4, 0.5) is 0 Å². The molecule has 1 rings (SSSR count). The predicted octanol–water partition coefficient (Wildman–Crippen LogP) is 1.98. The van der Waals surface area contributed by atoms with E-state index in [-0.39, 0.29) is 12.3 Å². The molecular weight excluding hydrogens is 278 g/mol. The Labute approximate surface area is 101 Å². The minimum absolute atomic E-state index is 0.0622. The zero-order chi connectivity index (χ0) is 12.1. The topological polar surface area (TPSA) is 70.8 Å². The van der Waals surface area contributed by atoms with Crippen LogP contribution in [0.3, 0.4) is 0 Å². The number of rotatable bonds is 5. The van der Waals surface area contributed by atoms with Crippen molar-refractivity contribution in [1.82, 2.24) is 4.90 Å². The van der Waals surface area contributed by atoms with Gasteiger partial charge in [0.2, 0.25) is 0 Å². The maximum absolute atomic E-state index is 11.7. The summed E-state index contributed by atoms with van der Waals surface area (Å²) in [6, 6.07) is 1.58. The number of hydrogen-bond acceptors (Lipinski definition) is 3. The highest BCUT2D eigenvalue weighted by Crippen LogP contribution is 2.15. The van der Waals surface area contributed by atoms with Crippen LogP contribution >= 0.6 is 15.9 Å². The summed E-state index contributed by atoms with van der Waals surface area (Å²) in [7, 11) is 1.63. The number of carboxylic acid groups (broad SMARTS) is 1. The quantitative estimate of drug-likeness (QED) is 0.900. The first-order chi connectivity index (χ1) is 7.50. The van der Waals surface area contributed by atoms with Crippen molar-refractivity contribution in [2.75, 3.05) is 13.6 Å². The van der Waals surface area contributed by atoms with Crippen molar-refractivity contribution in [3.63, 3.8) is 0 Å². The largest absolute Gasteiger partial charge is 0.481 e. The fourth-order valence-corrected chi connectivity index (χ4v) is 1.55. The monoisotopic (exact) mass is 289 g/mol. The molecule has 0 unspecified atom stereocenters. The number of nitrogens with zero attached hydrogens (tertiary/aromatic N) is 1. The number of carbonyl (C=O) groups excluding carboxylic acids is 1. The second-order valence-electron chi connectivity index (χ2n) is 3.36. The SMILES string of the molecule is CN(CCCC(=O)O)C(=O)c1coc(Br)c1. The molecule has 0 bridgehead atoms. The number of carbonyl (C=O) groups is 2. The van der Waals surface area contributed by atoms with Gasteiger partial charge in [-0.05, 0) is 22.4 Å². The molecule has 0 fully saturated rings. The molecule has 0 aliphatic heterocycles. The van der Waals surface area contributed by atoms with E-state index < -0.39 is 5.97 Å². The van der Waals surface area contributed by atoms with Crippen LogP contribution < -0.4 is 0 Å². The molecule has 1 N–H and O–H groups in total. The Balaban J connectivity index is 2.45. The van der Waals surface area contributed by atoms with Crippen LogP contribution in [0.1, 0.15) is 23.2 Å². The van der Waals surface area contributed by atoms with Crippen LogP contribution in [0.5, 0.6) is 0 Å². The van der Waals surface area contributed by atoms with Gasteiger partial charge in [-0.3, -0.25) is 9.59 Å². The zero-order valence-corrected chi connectivity index (χ0v) is 10.4. The summed E-state index contributed by atoms with van der Waals surface area (Å²) in [5.41, 5.74) is 0.449. The highest BCUT2D eigenvalue weighted by atomic mass is 79.9. The van der Waals surface area contributed by atoms with Crippen LogP contribution in [0.15, 0.2) is 21.4 Å². The summed E-state index contributed by atoms with van der Waals surface area (Å²) in [5.74, 6) is -1.04. The summed E-state index contributed by atoms with van der Waals surface area (Å²) < 4.78 is 5.45. The maximum Gasteiger partial charge on any atom is 0.303 e. The first kappa shape index (κ1) is 12.8. The van der Waals surface area contributed by atoms with Gasteiger partial charge in [-0.2, -0.15) is 0 Å². The molecule has 1 aromatic rings. The zero-order valence-electron chi connectivity index (χ0n) is 8.77. The van der Waals surface area contributed by atoms with Gasteiger partial charge in [0.25, 0.3) is 5.91 Å². The van der Waals surface area contributed by atoms with Crippen molar-refractivity contribution >= 4 is 27.8 Å². The average molecular weight is 290 g/mol. The van der Waals surface area contributed by atoms with Crippen LogP contribution in [0.25, 0.3) is 0 Å². The summed E-state index contributed by atoms with van der Waals surface area (Å²) in [5, 5.41) is 8.46. The molecule has 5 nitrogen and oxygen atoms in total. The summed E-state index contributed by atoms with van der Waals surface area (Å²) in [4.78, 5) is 23.5. The number of aliphatic carboxylic acids is 1. The number of carboxylic acids is 1. The van der Waals surface area contributed by atoms with E-state index in [0.29, 0.717) is 23.2 Å². The molecule has 1 heterocycles. The second kappa shape index (κ2) is 5.69. The van der Waals surface area contributed by atoms with Crippen LogP contribution in [-0.4, -0.2) is 35.5 Å². The lowest BCUT2D eigenvalue weighted by molar-refractivity contribution is -0.137.